The number of rotatable bonds is 4. The largest absolute Gasteiger partial charge is 0.454 e. The molecule has 1 aliphatic heterocycles. The van der Waals surface area contributed by atoms with Crippen molar-refractivity contribution >= 4 is 5.91 Å². The van der Waals surface area contributed by atoms with E-state index in [0.29, 0.717) is 23.6 Å². The summed E-state index contributed by atoms with van der Waals surface area (Å²) in [7, 11) is 0. The smallest absolute Gasteiger partial charge is 0.328 e. The lowest BCUT2D eigenvalue weighted by molar-refractivity contribution is -0.121. The first-order chi connectivity index (χ1) is 11.0. The summed E-state index contributed by atoms with van der Waals surface area (Å²) in [5.41, 5.74) is 0.159. The first-order valence-corrected chi connectivity index (χ1v) is 6.98. The fraction of sp³-hybridized carbons (Fsp3) is 0.267. The van der Waals surface area contributed by atoms with Crippen LogP contribution in [0.25, 0.3) is 0 Å². The molecule has 23 heavy (non-hydrogen) atoms. The Morgan fingerprint density at radius 2 is 2.09 bits per heavy atom. The molecule has 1 amide bonds. The van der Waals surface area contributed by atoms with Gasteiger partial charge in [0.25, 0.3) is 5.56 Å². The molecule has 0 saturated carbocycles. The molecular weight excluding hydrogens is 302 g/mol. The van der Waals surface area contributed by atoms with Gasteiger partial charge in [-0.1, -0.05) is 6.07 Å². The number of fused-ring (bicyclic) bond motifs is 1. The fourth-order valence-electron chi connectivity index (χ4n) is 2.20. The molecule has 2 N–H and O–H groups in total. The van der Waals surface area contributed by atoms with Gasteiger partial charge < -0.3 is 14.8 Å². The van der Waals surface area contributed by atoms with E-state index in [9.17, 15) is 14.4 Å². The summed E-state index contributed by atoms with van der Waals surface area (Å²) in [5, 5.41) is 2.71. The summed E-state index contributed by atoms with van der Waals surface area (Å²) in [6, 6.07) is 5.39. The lowest BCUT2D eigenvalue weighted by Gasteiger charge is -2.08. The highest BCUT2D eigenvalue weighted by molar-refractivity contribution is 5.75. The molecular formula is C15H15N3O5. The van der Waals surface area contributed by atoms with Crippen LogP contribution in [0.15, 0.2) is 34.0 Å². The summed E-state index contributed by atoms with van der Waals surface area (Å²) in [6.45, 7) is 1.90. The van der Waals surface area contributed by atoms with Gasteiger partial charge in [-0.15, -0.1) is 0 Å². The van der Waals surface area contributed by atoms with Crippen molar-refractivity contribution in [2.45, 2.75) is 20.0 Å². The Labute approximate surface area is 130 Å². The van der Waals surface area contributed by atoms with Crippen LogP contribution < -0.4 is 26.0 Å². The molecule has 2 aromatic rings. The van der Waals surface area contributed by atoms with Crippen molar-refractivity contribution in [1.29, 1.82) is 0 Å². The summed E-state index contributed by atoms with van der Waals surface area (Å²) in [6.07, 6.45) is 1.36. The van der Waals surface area contributed by atoms with Crippen LogP contribution >= 0.6 is 0 Å². The van der Waals surface area contributed by atoms with Crippen LogP contribution in [-0.4, -0.2) is 22.3 Å². The minimum Gasteiger partial charge on any atom is -0.454 e. The second-order valence-electron chi connectivity index (χ2n) is 5.16. The average Bonchev–Trinajstić information content (AvgIpc) is 2.98. The van der Waals surface area contributed by atoms with E-state index >= 15 is 0 Å². The zero-order valence-electron chi connectivity index (χ0n) is 12.4. The molecule has 0 saturated heterocycles. The molecule has 1 aromatic carbocycles. The van der Waals surface area contributed by atoms with Crippen molar-refractivity contribution in [2.75, 3.05) is 6.79 Å². The van der Waals surface area contributed by atoms with Crippen molar-refractivity contribution in [3.05, 3.63) is 56.4 Å². The number of nitrogens with zero attached hydrogens (tertiary/aromatic N) is 1. The van der Waals surface area contributed by atoms with Crippen LogP contribution in [-0.2, 0) is 17.9 Å². The van der Waals surface area contributed by atoms with Gasteiger partial charge in [0, 0.05) is 18.3 Å². The maximum atomic E-state index is 11.9. The van der Waals surface area contributed by atoms with Gasteiger partial charge in [-0.25, -0.2) is 4.79 Å². The quantitative estimate of drug-likeness (QED) is 0.819. The molecule has 1 aliphatic rings. The normalized spacial score (nSPS) is 12.2. The minimum atomic E-state index is -0.612. The Bertz CT molecular complexity index is 868. The average molecular weight is 317 g/mol. The molecule has 0 spiro atoms. The van der Waals surface area contributed by atoms with Crippen LogP contribution in [0.4, 0.5) is 0 Å². The molecule has 1 aromatic heterocycles. The summed E-state index contributed by atoms with van der Waals surface area (Å²) in [4.78, 5) is 37.0. The van der Waals surface area contributed by atoms with Gasteiger partial charge >= 0.3 is 5.69 Å². The van der Waals surface area contributed by atoms with Crippen molar-refractivity contribution in [1.82, 2.24) is 14.9 Å². The van der Waals surface area contributed by atoms with Gasteiger partial charge in [0.15, 0.2) is 11.5 Å². The van der Waals surface area contributed by atoms with E-state index in [-0.39, 0.29) is 19.2 Å². The Balaban J connectivity index is 1.63. The topological polar surface area (TPSA) is 102 Å². The van der Waals surface area contributed by atoms with Crippen LogP contribution in [0, 0.1) is 6.92 Å². The number of benzene rings is 1. The molecule has 0 bridgehead atoms. The summed E-state index contributed by atoms with van der Waals surface area (Å²) >= 11 is 0. The number of aryl methyl sites for hydroxylation is 1. The van der Waals surface area contributed by atoms with Gasteiger partial charge in [0.1, 0.15) is 6.54 Å². The Morgan fingerprint density at radius 3 is 2.91 bits per heavy atom. The number of amides is 1. The highest BCUT2D eigenvalue weighted by atomic mass is 16.7. The Kier molecular flexibility index (Phi) is 3.88. The lowest BCUT2D eigenvalue weighted by atomic mass is 10.2. The standard InChI is InChI=1S/C15H15N3O5/c1-9-6-18(15(21)17-14(9)20)7-13(19)16-5-10-2-3-11-12(4-10)23-8-22-11/h2-4,6H,5,7-8H2,1H3,(H,16,19)(H,17,20,21). The molecule has 0 atom stereocenters. The number of nitrogens with one attached hydrogen (secondary N) is 2. The van der Waals surface area contributed by atoms with Crippen molar-refractivity contribution in [2.24, 2.45) is 0 Å². The monoisotopic (exact) mass is 317 g/mol. The van der Waals surface area contributed by atoms with Gasteiger partial charge in [-0.3, -0.25) is 19.1 Å². The second kappa shape index (κ2) is 5.99. The van der Waals surface area contributed by atoms with E-state index in [1.807, 2.05) is 6.07 Å². The van der Waals surface area contributed by atoms with E-state index in [0.717, 1.165) is 10.1 Å². The molecule has 0 unspecified atom stereocenters. The Morgan fingerprint density at radius 1 is 1.30 bits per heavy atom. The minimum absolute atomic E-state index is 0.166. The van der Waals surface area contributed by atoms with Crippen molar-refractivity contribution < 1.29 is 14.3 Å². The van der Waals surface area contributed by atoms with Crippen LogP contribution in [0.2, 0.25) is 0 Å². The van der Waals surface area contributed by atoms with Crippen molar-refractivity contribution in [3.63, 3.8) is 0 Å². The molecule has 2 heterocycles. The zero-order valence-corrected chi connectivity index (χ0v) is 12.4. The predicted molar refractivity (Wildman–Crippen MR) is 80.5 cm³/mol. The highest BCUT2D eigenvalue weighted by Gasteiger charge is 2.13. The molecule has 3 rings (SSSR count). The number of H-pyrrole nitrogens is 1. The molecule has 8 heteroatoms. The first kappa shape index (κ1) is 14.9. The molecule has 0 radical (unpaired) electrons. The molecule has 8 nitrogen and oxygen atoms in total. The van der Waals surface area contributed by atoms with E-state index in [2.05, 4.69) is 10.3 Å². The number of aromatic nitrogens is 2. The molecule has 0 aliphatic carbocycles. The number of hydrogen-bond donors (Lipinski definition) is 2. The van der Waals surface area contributed by atoms with E-state index in [4.69, 9.17) is 9.47 Å². The summed E-state index contributed by atoms with van der Waals surface area (Å²) in [5.74, 6) is 0.982. The molecule has 0 fully saturated rings. The van der Waals surface area contributed by atoms with Gasteiger partial charge in [-0.2, -0.15) is 0 Å². The van der Waals surface area contributed by atoms with E-state index < -0.39 is 11.2 Å². The number of aromatic amines is 1. The van der Waals surface area contributed by atoms with Crippen molar-refractivity contribution in [3.8, 4) is 11.5 Å². The van der Waals surface area contributed by atoms with Crippen LogP contribution in [0.3, 0.4) is 0 Å². The van der Waals surface area contributed by atoms with Gasteiger partial charge in [0.2, 0.25) is 12.7 Å². The predicted octanol–water partition coefficient (Wildman–Crippen LogP) is -0.110. The second-order valence-corrected chi connectivity index (χ2v) is 5.16. The molecule has 120 valence electrons. The van der Waals surface area contributed by atoms with Crippen LogP contribution in [0.5, 0.6) is 11.5 Å². The third kappa shape index (κ3) is 3.25. The van der Waals surface area contributed by atoms with Gasteiger partial charge in [0.05, 0.1) is 0 Å². The Hall–Kier alpha value is -3.03. The van der Waals surface area contributed by atoms with E-state index in [1.54, 1.807) is 19.1 Å². The number of carbonyl (C=O) groups excluding carboxylic acids is 1. The third-order valence-electron chi connectivity index (χ3n) is 3.43. The number of ether oxygens (including phenoxy) is 2. The third-order valence-corrected chi connectivity index (χ3v) is 3.43. The number of hydrogen-bond acceptors (Lipinski definition) is 5. The summed E-state index contributed by atoms with van der Waals surface area (Å²) < 4.78 is 11.6. The SMILES string of the molecule is Cc1cn(CC(=O)NCc2ccc3c(c2)OCO3)c(=O)[nH]c1=O. The number of carbonyl (C=O) groups is 1. The van der Waals surface area contributed by atoms with E-state index in [1.165, 1.54) is 6.20 Å². The first-order valence-electron chi connectivity index (χ1n) is 6.98. The zero-order chi connectivity index (χ0) is 16.4. The maximum absolute atomic E-state index is 11.9. The fourth-order valence-corrected chi connectivity index (χ4v) is 2.20. The van der Waals surface area contributed by atoms with Crippen LogP contribution in [0.1, 0.15) is 11.1 Å². The highest BCUT2D eigenvalue weighted by Crippen LogP contribution is 2.32. The maximum Gasteiger partial charge on any atom is 0.328 e. The lowest BCUT2D eigenvalue weighted by Crippen LogP contribution is -2.36. The van der Waals surface area contributed by atoms with Gasteiger partial charge in [-0.05, 0) is 24.6 Å².